The van der Waals surface area contributed by atoms with Crippen LogP contribution in [0.4, 0.5) is 0 Å². The predicted octanol–water partition coefficient (Wildman–Crippen LogP) is 4.77. The molecular weight excluding hydrogens is 272 g/mol. The van der Waals surface area contributed by atoms with Crippen LogP contribution in [0.1, 0.15) is 57.4 Å². The molecule has 1 aromatic carbocycles. The lowest BCUT2D eigenvalue weighted by atomic mass is 9.97. The van der Waals surface area contributed by atoms with Gasteiger partial charge in [-0.25, -0.2) is 0 Å². The van der Waals surface area contributed by atoms with Gasteiger partial charge in [0.15, 0.2) is 0 Å². The molecule has 2 nitrogen and oxygen atoms in total. The van der Waals surface area contributed by atoms with Crippen molar-refractivity contribution < 1.29 is 9.53 Å². The number of carbonyl (C=O) groups is 1. The maximum atomic E-state index is 11.5. The minimum absolute atomic E-state index is 0.139. The third-order valence-corrected chi connectivity index (χ3v) is 3.73. The first-order valence-electron chi connectivity index (χ1n) is 8.35. The molecule has 0 spiro atoms. The van der Waals surface area contributed by atoms with Crippen LogP contribution in [0.25, 0.3) is 0 Å². The van der Waals surface area contributed by atoms with E-state index in [0.29, 0.717) is 6.42 Å². The number of unbranched alkanes of at least 4 members (excludes halogenated alkanes) is 3. The molecule has 0 aliphatic heterocycles. The zero-order valence-corrected chi connectivity index (χ0v) is 13.9. The molecule has 0 aliphatic rings. The second-order valence-corrected chi connectivity index (χ2v) is 5.63. The van der Waals surface area contributed by atoms with Crippen LogP contribution >= 0.6 is 0 Å². The molecule has 0 heterocycles. The summed E-state index contributed by atoms with van der Waals surface area (Å²) in [4.78, 5) is 11.5. The fraction of sp³-hybridized carbons (Fsp3) is 0.550. The van der Waals surface area contributed by atoms with Crippen LogP contribution < -0.4 is 0 Å². The minimum atomic E-state index is -0.155. The fourth-order valence-electron chi connectivity index (χ4n) is 2.40. The third-order valence-electron chi connectivity index (χ3n) is 3.73. The molecule has 1 aromatic rings. The number of carbonyl (C=O) groups excluding carboxylic acids is 1. The van der Waals surface area contributed by atoms with Crippen molar-refractivity contribution in [1.29, 1.82) is 0 Å². The summed E-state index contributed by atoms with van der Waals surface area (Å²) in [6.07, 6.45) is 8.07. The first kappa shape index (κ1) is 18.3. The average Bonchev–Trinajstić information content (AvgIpc) is 2.56. The van der Waals surface area contributed by atoms with Gasteiger partial charge in [-0.3, -0.25) is 4.79 Å². The molecule has 0 amide bonds. The van der Waals surface area contributed by atoms with E-state index >= 15 is 0 Å². The van der Waals surface area contributed by atoms with E-state index in [1.165, 1.54) is 31.9 Å². The van der Waals surface area contributed by atoms with Crippen LogP contribution in [0.3, 0.4) is 0 Å². The molecule has 0 radical (unpaired) electrons. The number of esters is 1. The molecule has 0 saturated heterocycles. The Hall–Kier alpha value is -1.75. The lowest BCUT2D eigenvalue weighted by Crippen LogP contribution is -2.08. The SMILES string of the molecule is CCCCCC[C@H](C#CCCc1ccccc1)CC(=O)OC. The molecule has 1 atom stereocenters. The first-order valence-corrected chi connectivity index (χ1v) is 8.35. The van der Waals surface area contributed by atoms with Gasteiger partial charge in [0.05, 0.1) is 13.5 Å². The molecule has 22 heavy (non-hydrogen) atoms. The lowest BCUT2D eigenvalue weighted by molar-refractivity contribution is -0.141. The number of hydrogen-bond donors (Lipinski definition) is 0. The Morgan fingerprint density at radius 2 is 1.95 bits per heavy atom. The molecule has 0 bridgehead atoms. The van der Waals surface area contributed by atoms with Crippen molar-refractivity contribution in [3.63, 3.8) is 0 Å². The van der Waals surface area contributed by atoms with Crippen molar-refractivity contribution in [2.75, 3.05) is 7.11 Å². The maximum Gasteiger partial charge on any atom is 0.306 e. The number of hydrogen-bond acceptors (Lipinski definition) is 2. The van der Waals surface area contributed by atoms with Gasteiger partial charge in [0.1, 0.15) is 0 Å². The summed E-state index contributed by atoms with van der Waals surface area (Å²) < 4.78 is 4.78. The summed E-state index contributed by atoms with van der Waals surface area (Å²) in [6.45, 7) is 2.20. The molecule has 0 aliphatic carbocycles. The van der Waals surface area contributed by atoms with E-state index in [4.69, 9.17) is 4.74 Å². The van der Waals surface area contributed by atoms with Crippen molar-refractivity contribution in [3.05, 3.63) is 35.9 Å². The summed E-state index contributed by atoms with van der Waals surface area (Å²) in [6, 6.07) is 10.4. The Morgan fingerprint density at radius 1 is 1.18 bits per heavy atom. The normalized spacial score (nSPS) is 11.4. The van der Waals surface area contributed by atoms with Crippen LogP contribution in [0.2, 0.25) is 0 Å². The summed E-state index contributed by atoms with van der Waals surface area (Å²) in [7, 11) is 1.44. The fourth-order valence-corrected chi connectivity index (χ4v) is 2.40. The van der Waals surface area contributed by atoms with E-state index in [2.05, 4.69) is 43.0 Å². The summed E-state index contributed by atoms with van der Waals surface area (Å²) >= 11 is 0. The van der Waals surface area contributed by atoms with Gasteiger partial charge in [-0.2, -0.15) is 0 Å². The highest BCUT2D eigenvalue weighted by Gasteiger charge is 2.11. The van der Waals surface area contributed by atoms with Gasteiger partial charge in [0.25, 0.3) is 0 Å². The molecule has 1 rings (SSSR count). The van der Waals surface area contributed by atoms with Crippen LogP contribution in [-0.2, 0) is 16.0 Å². The zero-order valence-electron chi connectivity index (χ0n) is 13.9. The van der Waals surface area contributed by atoms with Crippen molar-refractivity contribution in [2.24, 2.45) is 5.92 Å². The van der Waals surface area contributed by atoms with Crippen LogP contribution in [0.15, 0.2) is 30.3 Å². The van der Waals surface area contributed by atoms with Crippen molar-refractivity contribution in [1.82, 2.24) is 0 Å². The summed E-state index contributed by atoms with van der Waals surface area (Å²) in [5.41, 5.74) is 1.31. The average molecular weight is 300 g/mol. The maximum absolute atomic E-state index is 11.5. The van der Waals surface area contributed by atoms with Crippen LogP contribution in [0, 0.1) is 17.8 Å². The van der Waals surface area contributed by atoms with Gasteiger partial charge < -0.3 is 4.74 Å². The van der Waals surface area contributed by atoms with Gasteiger partial charge in [0.2, 0.25) is 0 Å². The predicted molar refractivity (Wildman–Crippen MR) is 91.4 cm³/mol. The van der Waals surface area contributed by atoms with Crippen molar-refractivity contribution >= 4 is 5.97 Å². The largest absolute Gasteiger partial charge is 0.469 e. The van der Waals surface area contributed by atoms with Gasteiger partial charge in [-0.05, 0) is 18.4 Å². The first-order chi connectivity index (χ1) is 10.8. The highest BCUT2D eigenvalue weighted by molar-refractivity contribution is 5.69. The molecule has 0 fully saturated rings. The van der Waals surface area contributed by atoms with E-state index in [9.17, 15) is 4.79 Å². The van der Waals surface area contributed by atoms with E-state index in [0.717, 1.165) is 25.7 Å². The number of benzene rings is 1. The zero-order chi connectivity index (χ0) is 16.0. The minimum Gasteiger partial charge on any atom is -0.469 e. The molecule has 0 N–H and O–H groups in total. The molecule has 0 saturated carbocycles. The van der Waals surface area contributed by atoms with Crippen LogP contribution in [0.5, 0.6) is 0 Å². The molecule has 2 heteroatoms. The van der Waals surface area contributed by atoms with Gasteiger partial charge in [0, 0.05) is 12.3 Å². The monoisotopic (exact) mass is 300 g/mol. The number of aryl methyl sites for hydroxylation is 1. The van der Waals surface area contributed by atoms with Crippen molar-refractivity contribution in [3.8, 4) is 11.8 Å². The van der Waals surface area contributed by atoms with Crippen molar-refractivity contribution in [2.45, 2.75) is 58.3 Å². The Balaban J connectivity index is 2.41. The Kier molecular flexibility index (Phi) is 9.87. The van der Waals surface area contributed by atoms with Gasteiger partial charge in [-0.1, -0.05) is 68.9 Å². The smallest absolute Gasteiger partial charge is 0.306 e. The number of rotatable bonds is 9. The van der Waals surface area contributed by atoms with Gasteiger partial charge >= 0.3 is 5.97 Å². The van der Waals surface area contributed by atoms with Crippen LogP contribution in [-0.4, -0.2) is 13.1 Å². The number of ether oxygens (including phenoxy) is 1. The van der Waals surface area contributed by atoms with E-state index < -0.39 is 0 Å². The van der Waals surface area contributed by atoms with E-state index in [1.807, 2.05) is 6.07 Å². The summed E-state index contributed by atoms with van der Waals surface area (Å²) in [5.74, 6) is 6.51. The quantitative estimate of drug-likeness (QED) is 0.373. The standard InChI is InChI=1S/C20H28O2/c1-3-4-5-7-15-19(17-20(21)22-2)16-11-10-14-18-12-8-6-9-13-18/h6,8-9,12-13,19H,3-5,7,10,14-15,17H2,1-2H3/t19-/m1/s1. The Morgan fingerprint density at radius 3 is 2.64 bits per heavy atom. The van der Waals surface area contributed by atoms with E-state index in [-0.39, 0.29) is 11.9 Å². The topological polar surface area (TPSA) is 26.3 Å². The van der Waals surface area contributed by atoms with E-state index in [1.54, 1.807) is 0 Å². The second-order valence-electron chi connectivity index (χ2n) is 5.63. The highest BCUT2D eigenvalue weighted by Crippen LogP contribution is 2.14. The highest BCUT2D eigenvalue weighted by atomic mass is 16.5. The Labute approximate surface area is 135 Å². The van der Waals surface area contributed by atoms with Gasteiger partial charge in [-0.15, -0.1) is 5.92 Å². The third kappa shape index (κ3) is 8.52. The summed E-state index contributed by atoms with van der Waals surface area (Å²) in [5, 5.41) is 0. The molecule has 120 valence electrons. The Bertz CT molecular complexity index is 467. The number of methoxy groups -OCH3 is 1. The molecular formula is C20H28O2. The molecule has 0 aromatic heterocycles. The second kappa shape index (κ2) is 11.9. The lowest BCUT2D eigenvalue weighted by Gasteiger charge is -2.09. The molecule has 0 unspecified atom stereocenters.